The van der Waals surface area contributed by atoms with Crippen LogP contribution in [0.5, 0.6) is 0 Å². The fourth-order valence-corrected chi connectivity index (χ4v) is 2.59. The van der Waals surface area contributed by atoms with Crippen LogP contribution in [0.3, 0.4) is 0 Å². The minimum Gasteiger partial charge on any atom is -0.294 e. The first kappa shape index (κ1) is 11.5. The van der Waals surface area contributed by atoms with E-state index in [2.05, 4.69) is 6.07 Å². The average Bonchev–Trinajstić information content (AvgIpc) is 2.39. The highest BCUT2D eigenvalue weighted by Crippen LogP contribution is 2.28. The molecule has 0 N–H and O–H groups in total. The maximum atomic E-state index is 11.8. The summed E-state index contributed by atoms with van der Waals surface area (Å²) in [6.07, 6.45) is 2.66. The van der Waals surface area contributed by atoms with Gasteiger partial charge in [-0.3, -0.25) is 4.79 Å². The number of carbonyl (C=O) groups is 1. The Morgan fingerprint density at radius 3 is 2.39 bits per heavy atom. The van der Waals surface area contributed by atoms with Crippen LogP contribution >= 0.6 is 11.6 Å². The Morgan fingerprint density at radius 2 is 1.61 bits per heavy atom. The zero-order valence-corrected chi connectivity index (χ0v) is 10.7. The first-order valence-electron chi connectivity index (χ1n) is 6.16. The van der Waals surface area contributed by atoms with Crippen molar-refractivity contribution in [2.24, 2.45) is 0 Å². The molecule has 1 aliphatic carbocycles. The van der Waals surface area contributed by atoms with Crippen LogP contribution < -0.4 is 0 Å². The predicted molar refractivity (Wildman–Crippen MR) is 74.2 cm³/mol. The topological polar surface area (TPSA) is 17.1 Å². The van der Waals surface area contributed by atoms with Gasteiger partial charge in [-0.2, -0.15) is 0 Å². The molecule has 3 rings (SSSR count). The maximum absolute atomic E-state index is 11.8. The van der Waals surface area contributed by atoms with E-state index < -0.39 is 0 Å². The molecule has 0 spiro atoms. The molecule has 0 saturated carbocycles. The van der Waals surface area contributed by atoms with Gasteiger partial charge in [0.05, 0.1) is 0 Å². The van der Waals surface area contributed by atoms with E-state index in [1.807, 2.05) is 36.4 Å². The third-order valence-electron chi connectivity index (χ3n) is 3.43. The van der Waals surface area contributed by atoms with Crippen molar-refractivity contribution < 1.29 is 4.79 Å². The zero-order chi connectivity index (χ0) is 12.5. The fraction of sp³-hybridized carbons (Fsp3) is 0.188. The molecule has 0 aliphatic heterocycles. The molecule has 0 bridgehead atoms. The number of halogens is 1. The lowest BCUT2D eigenvalue weighted by Crippen LogP contribution is -2.10. The third-order valence-corrected chi connectivity index (χ3v) is 3.69. The van der Waals surface area contributed by atoms with Crippen molar-refractivity contribution in [1.82, 2.24) is 0 Å². The van der Waals surface area contributed by atoms with Crippen molar-refractivity contribution in [2.45, 2.75) is 19.3 Å². The number of Topliss-reactive ketones (excluding diaryl/α,β-unsaturated/α-hetero) is 1. The van der Waals surface area contributed by atoms with Crippen LogP contribution in [0, 0.1) is 0 Å². The monoisotopic (exact) mass is 256 g/mol. The summed E-state index contributed by atoms with van der Waals surface area (Å²) in [7, 11) is 0. The summed E-state index contributed by atoms with van der Waals surface area (Å²) in [6, 6.07) is 13.9. The molecular formula is C16H13ClO. The normalized spacial score (nSPS) is 14.4. The van der Waals surface area contributed by atoms with Gasteiger partial charge in [-0.1, -0.05) is 41.9 Å². The number of benzene rings is 2. The average molecular weight is 257 g/mol. The molecule has 2 aromatic carbocycles. The van der Waals surface area contributed by atoms with Gasteiger partial charge in [-0.25, -0.2) is 0 Å². The summed E-state index contributed by atoms with van der Waals surface area (Å²) in [5.41, 5.74) is 4.37. The number of aryl methyl sites for hydroxylation is 1. The van der Waals surface area contributed by atoms with E-state index in [0.29, 0.717) is 6.42 Å². The summed E-state index contributed by atoms with van der Waals surface area (Å²) in [5.74, 6) is 0.277. The molecule has 0 atom stereocenters. The molecule has 0 heterocycles. The molecule has 0 fully saturated rings. The lowest BCUT2D eigenvalue weighted by molar-refractivity contribution is 0.0972. The molecule has 0 unspecified atom stereocenters. The van der Waals surface area contributed by atoms with E-state index in [-0.39, 0.29) is 5.78 Å². The predicted octanol–water partition coefficient (Wildman–Crippen LogP) is 4.53. The zero-order valence-electron chi connectivity index (χ0n) is 9.95. The minimum absolute atomic E-state index is 0.277. The molecule has 2 heteroatoms. The van der Waals surface area contributed by atoms with Crippen molar-refractivity contribution in [1.29, 1.82) is 0 Å². The molecule has 18 heavy (non-hydrogen) atoms. The Balaban J connectivity index is 2.04. The highest BCUT2D eigenvalue weighted by atomic mass is 35.5. The Bertz CT molecular complexity index is 599. The van der Waals surface area contributed by atoms with Crippen molar-refractivity contribution in [3.05, 3.63) is 58.6 Å². The van der Waals surface area contributed by atoms with E-state index in [1.165, 1.54) is 5.56 Å². The molecule has 1 aliphatic rings. The van der Waals surface area contributed by atoms with E-state index in [1.54, 1.807) is 0 Å². The van der Waals surface area contributed by atoms with Crippen LogP contribution in [-0.2, 0) is 6.42 Å². The van der Waals surface area contributed by atoms with Gasteiger partial charge in [-0.05, 0) is 41.7 Å². The van der Waals surface area contributed by atoms with Gasteiger partial charge >= 0.3 is 0 Å². The summed E-state index contributed by atoms with van der Waals surface area (Å²) < 4.78 is 0. The quantitative estimate of drug-likeness (QED) is 0.733. The van der Waals surface area contributed by atoms with Crippen molar-refractivity contribution in [2.75, 3.05) is 0 Å². The van der Waals surface area contributed by atoms with Crippen molar-refractivity contribution in [3.8, 4) is 11.1 Å². The summed E-state index contributed by atoms with van der Waals surface area (Å²) >= 11 is 5.89. The van der Waals surface area contributed by atoms with Gasteiger partial charge in [0.2, 0.25) is 0 Å². The molecule has 1 nitrogen and oxygen atoms in total. The lowest BCUT2D eigenvalue weighted by Gasteiger charge is -2.15. The van der Waals surface area contributed by atoms with Gasteiger partial charge < -0.3 is 0 Å². The smallest absolute Gasteiger partial charge is 0.163 e. The number of fused-ring (bicyclic) bond motifs is 1. The number of hydrogen-bond donors (Lipinski definition) is 0. The SMILES string of the molecule is O=C1CCCc2cc(-c3ccc(Cl)cc3)ccc21. The summed E-state index contributed by atoms with van der Waals surface area (Å²) in [4.78, 5) is 11.8. The van der Waals surface area contributed by atoms with E-state index in [4.69, 9.17) is 11.6 Å². The van der Waals surface area contributed by atoms with Gasteiger partial charge in [-0.15, -0.1) is 0 Å². The second-order valence-electron chi connectivity index (χ2n) is 4.66. The number of rotatable bonds is 1. The van der Waals surface area contributed by atoms with E-state index >= 15 is 0 Å². The fourth-order valence-electron chi connectivity index (χ4n) is 2.47. The standard InChI is InChI=1S/C16H13ClO/c17-14-7-4-11(5-8-14)12-6-9-15-13(10-12)2-1-3-16(15)18/h4-10H,1-3H2. The number of ketones is 1. The lowest BCUT2D eigenvalue weighted by atomic mass is 9.88. The van der Waals surface area contributed by atoms with E-state index in [0.717, 1.165) is 34.6 Å². The molecule has 0 radical (unpaired) electrons. The summed E-state index contributed by atoms with van der Waals surface area (Å²) in [5, 5.41) is 0.742. The second kappa shape index (κ2) is 4.58. The van der Waals surface area contributed by atoms with Gasteiger partial charge in [0.25, 0.3) is 0 Å². The van der Waals surface area contributed by atoms with Crippen molar-refractivity contribution >= 4 is 17.4 Å². The van der Waals surface area contributed by atoms with Crippen LogP contribution in [0.15, 0.2) is 42.5 Å². The molecular weight excluding hydrogens is 244 g/mol. The van der Waals surface area contributed by atoms with Gasteiger partial charge in [0.1, 0.15) is 0 Å². The van der Waals surface area contributed by atoms with Gasteiger partial charge in [0.15, 0.2) is 5.78 Å². The third kappa shape index (κ3) is 2.06. The Morgan fingerprint density at radius 1 is 0.889 bits per heavy atom. The van der Waals surface area contributed by atoms with Crippen LogP contribution in [-0.4, -0.2) is 5.78 Å². The van der Waals surface area contributed by atoms with E-state index in [9.17, 15) is 4.79 Å². The highest BCUT2D eigenvalue weighted by molar-refractivity contribution is 6.30. The van der Waals surface area contributed by atoms with Crippen molar-refractivity contribution in [3.63, 3.8) is 0 Å². The number of carbonyl (C=O) groups excluding carboxylic acids is 1. The molecule has 2 aromatic rings. The van der Waals surface area contributed by atoms with Gasteiger partial charge in [0, 0.05) is 17.0 Å². The minimum atomic E-state index is 0.277. The Labute approximate surface area is 111 Å². The maximum Gasteiger partial charge on any atom is 0.163 e. The molecule has 0 aromatic heterocycles. The van der Waals surface area contributed by atoms with Crippen LogP contribution in [0.25, 0.3) is 11.1 Å². The molecule has 0 saturated heterocycles. The molecule has 0 amide bonds. The van der Waals surface area contributed by atoms with Crippen LogP contribution in [0.2, 0.25) is 5.02 Å². The Kier molecular flexibility index (Phi) is 2.92. The highest BCUT2D eigenvalue weighted by Gasteiger charge is 2.17. The van der Waals surface area contributed by atoms with Crippen LogP contribution in [0.4, 0.5) is 0 Å². The number of hydrogen-bond acceptors (Lipinski definition) is 1. The first-order chi connectivity index (χ1) is 8.74. The second-order valence-corrected chi connectivity index (χ2v) is 5.09. The first-order valence-corrected chi connectivity index (χ1v) is 6.54. The largest absolute Gasteiger partial charge is 0.294 e. The summed E-state index contributed by atoms with van der Waals surface area (Å²) in [6.45, 7) is 0. The Hall–Kier alpha value is -1.60. The van der Waals surface area contributed by atoms with Crippen LogP contribution in [0.1, 0.15) is 28.8 Å². The molecule has 90 valence electrons.